The van der Waals surface area contributed by atoms with Crippen molar-refractivity contribution in [1.82, 2.24) is 5.32 Å². The molecule has 0 aromatic heterocycles. The summed E-state index contributed by atoms with van der Waals surface area (Å²) in [5.74, 6) is 1.38. The summed E-state index contributed by atoms with van der Waals surface area (Å²) in [4.78, 5) is 12.0. The summed E-state index contributed by atoms with van der Waals surface area (Å²) >= 11 is 0. The van der Waals surface area contributed by atoms with E-state index in [2.05, 4.69) is 48.6 Å². The third-order valence-electron chi connectivity index (χ3n) is 4.86. The van der Waals surface area contributed by atoms with E-state index in [-0.39, 0.29) is 17.9 Å². The Bertz CT molecular complexity index is 687. The quantitative estimate of drug-likeness (QED) is 0.802. The van der Waals surface area contributed by atoms with Crippen molar-refractivity contribution in [3.05, 3.63) is 54.1 Å². The van der Waals surface area contributed by atoms with E-state index >= 15 is 0 Å². The molecule has 0 heterocycles. The van der Waals surface area contributed by atoms with Crippen LogP contribution >= 0.6 is 0 Å². The molecule has 1 N–H and O–H groups in total. The molecule has 0 saturated heterocycles. The lowest BCUT2D eigenvalue weighted by molar-refractivity contribution is -0.127. The van der Waals surface area contributed by atoms with Crippen LogP contribution in [0.15, 0.2) is 48.5 Å². The van der Waals surface area contributed by atoms with Crippen LogP contribution in [-0.4, -0.2) is 18.6 Å². The summed E-state index contributed by atoms with van der Waals surface area (Å²) in [5.41, 5.74) is 3.62. The highest BCUT2D eigenvalue weighted by Gasteiger charge is 2.25. The molecule has 3 heteroatoms. The molecule has 0 spiro atoms. The Kier molecular flexibility index (Phi) is 5.75. The molecule has 1 unspecified atom stereocenters. The second-order valence-electron chi connectivity index (χ2n) is 6.90. The summed E-state index contributed by atoms with van der Waals surface area (Å²) in [5, 5.41) is 3.14. The van der Waals surface area contributed by atoms with Gasteiger partial charge in [-0.05, 0) is 61.9 Å². The van der Waals surface area contributed by atoms with Crippen molar-refractivity contribution < 1.29 is 9.53 Å². The maximum Gasteiger partial charge on any atom is 0.223 e. The molecule has 0 bridgehead atoms. The number of amides is 1. The average Bonchev–Trinajstić information content (AvgIpc) is 2.55. The molecule has 3 nitrogen and oxygen atoms in total. The molecule has 2 aromatic carbocycles. The minimum atomic E-state index is 0.171. The van der Waals surface area contributed by atoms with Gasteiger partial charge in [-0.1, -0.05) is 42.8 Å². The Morgan fingerprint density at radius 3 is 2.20 bits per heavy atom. The Morgan fingerprint density at radius 1 is 1.08 bits per heavy atom. The first-order valence-corrected chi connectivity index (χ1v) is 9.28. The molecule has 0 radical (unpaired) electrons. The summed E-state index contributed by atoms with van der Waals surface area (Å²) in [7, 11) is 0. The van der Waals surface area contributed by atoms with Gasteiger partial charge in [-0.2, -0.15) is 0 Å². The van der Waals surface area contributed by atoms with E-state index in [1.165, 1.54) is 23.1 Å². The molecule has 3 rings (SSSR count). The van der Waals surface area contributed by atoms with E-state index in [1.807, 2.05) is 19.1 Å². The first kappa shape index (κ1) is 17.5. The van der Waals surface area contributed by atoms with Crippen LogP contribution < -0.4 is 10.1 Å². The van der Waals surface area contributed by atoms with E-state index in [0.29, 0.717) is 6.61 Å². The van der Waals surface area contributed by atoms with Crippen LogP contribution in [0.3, 0.4) is 0 Å². The molecular weight excluding hydrogens is 310 g/mol. The summed E-state index contributed by atoms with van der Waals surface area (Å²) in [6.45, 7) is 4.75. The molecule has 1 aliphatic carbocycles. The summed E-state index contributed by atoms with van der Waals surface area (Å²) in [6, 6.07) is 16.9. The van der Waals surface area contributed by atoms with Crippen LogP contribution in [0.1, 0.15) is 38.7 Å². The zero-order valence-corrected chi connectivity index (χ0v) is 15.1. The molecule has 132 valence electrons. The number of benzene rings is 2. The van der Waals surface area contributed by atoms with Gasteiger partial charge >= 0.3 is 0 Å². The number of hydrogen-bond donors (Lipinski definition) is 1. The Labute approximate surface area is 150 Å². The third-order valence-corrected chi connectivity index (χ3v) is 4.86. The van der Waals surface area contributed by atoms with Crippen molar-refractivity contribution in [2.24, 2.45) is 5.92 Å². The standard InChI is InChI=1S/C22H27NO2/c1-3-25-21-13-11-19(12-14-21)18-9-7-17(8-10-18)15-16(2)23-22(24)20-5-4-6-20/h7-14,16,20H,3-6,15H2,1-2H3,(H,23,24). The predicted octanol–water partition coefficient (Wildman–Crippen LogP) is 4.60. The zero-order chi connectivity index (χ0) is 17.6. The number of carbonyl (C=O) groups excluding carboxylic acids is 1. The SMILES string of the molecule is CCOc1ccc(-c2ccc(CC(C)NC(=O)C3CCC3)cc2)cc1. The fourth-order valence-corrected chi connectivity index (χ4v) is 3.18. The van der Waals surface area contributed by atoms with E-state index in [4.69, 9.17) is 4.74 Å². The maximum atomic E-state index is 12.0. The van der Waals surface area contributed by atoms with Gasteiger partial charge in [0.1, 0.15) is 5.75 Å². The molecule has 1 saturated carbocycles. The molecule has 1 atom stereocenters. The Hall–Kier alpha value is -2.29. The Balaban J connectivity index is 1.56. The monoisotopic (exact) mass is 337 g/mol. The van der Waals surface area contributed by atoms with E-state index in [0.717, 1.165) is 25.0 Å². The topological polar surface area (TPSA) is 38.3 Å². The van der Waals surface area contributed by atoms with Crippen molar-refractivity contribution >= 4 is 5.91 Å². The molecule has 25 heavy (non-hydrogen) atoms. The van der Waals surface area contributed by atoms with Crippen molar-refractivity contribution in [3.63, 3.8) is 0 Å². The first-order chi connectivity index (χ1) is 12.2. The van der Waals surface area contributed by atoms with Crippen LogP contribution in [0.2, 0.25) is 0 Å². The van der Waals surface area contributed by atoms with Crippen LogP contribution in [0, 0.1) is 5.92 Å². The zero-order valence-electron chi connectivity index (χ0n) is 15.1. The minimum Gasteiger partial charge on any atom is -0.494 e. The summed E-state index contributed by atoms with van der Waals surface area (Å²) < 4.78 is 5.49. The highest BCUT2D eigenvalue weighted by atomic mass is 16.5. The molecule has 0 aliphatic heterocycles. The van der Waals surface area contributed by atoms with Gasteiger partial charge in [0.15, 0.2) is 0 Å². The lowest BCUT2D eigenvalue weighted by Gasteiger charge is -2.26. The third kappa shape index (κ3) is 4.62. The number of rotatable bonds is 7. The summed E-state index contributed by atoms with van der Waals surface area (Å²) in [6.07, 6.45) is 4.16. The molecular formula is C22H27NO2. The van der Waals surface area contributed by atoms with Gasteiger partial charge in [0, 0.05) is 12.0 Å². The van der Waals surface area contributed by atoms with Crippen LogP contribution in [-0.2, 0) is 11.2 Å². The Morgan fingerprint density at radius 2 is 1.68 bits per heavy atom. The molecule has 1 amide bonds. The first-order valence-electron chi connectivity index (χ1n) is 9.28. The van der Waals surface area contributed by atoms with Gasteiger partial charge in [-0.3, -0.25) is 4.79 Å². The van der Waals surface area contributed by atoms with Crippen LogP contribution in [0.25, 0.3) is 11.1 Å². The van der Waals surface area contributed by atoms with Crippen molar-refractivity contribution in [2.45, 2.75) is 45.6 Å². The maximum absolute atomic E-state index is 12.0. The van der Waals surface area contributed by atoms with Crippen molar-refractivity contribution in [1.29, 1.82) is 0 Å². The fourth-order valence-electron chi connectivity index (χ4n) is 3.18. The molecule has 1 aliphatic rings. The van der Waals surface area contributed by atoms with Gasteiger partial charge in [0.2, 0.25) is 5.91 Å². The molecule has 2 aromatic rings. The fraction of sp³-hybridized carbons (Fsp3) is 0.409. The average molecular weight is 337 g/mol. The normalized spacial score (nSPS) is 15.3. The van der Waals surface area contributed by atoms with Gasteiger partial charge in [-0.15, -0.1) is 0 Å². The van der Waals surface area contributed by atoms with Crippen molar-refractivity contribution in [3.8, 4) is 16.9 Å². The number of nitrogens with one attached hydrogen (secondary N) is 1. The highest BCUT2D eigenvalue weighted by molar-refractivity contribution is 5.79. The van der Waals surface area contributed by atoms with Gasteiger partial charge < -0.3 is 10.1 Å². The van der Waals surface area contributed by atoms with Gasteiger partial charge in [0.25, 0.3) is 0 Å². The van der Waals surface area contributed by atoms with E-state index < -0.39 is 0 Å². The number of hydrogen-bond acceptors (Lipinski definition) is 2. The van der Waals surface area contributed by atoms with Crippen LogP contribution in [0.4, 0.5) is 0 Å². The largest absolute Gasteiger partial charge is 0.494 e. The number of ether oxygens (including phenoxy) is 1. The second kappa shape index (κ2) is 8.19. The minimum absolute atomic E-state index is 0.171. The van der Waals surface area contributed by atoms with Crippen LogP contribution in [0.5, 0.6) is 5.75 Å². The number of carbonyl (C=O) groups is 1. The lowest BCUT2D eigenvalue weighted by Crippen LogP contribution is -2.40. The highest BCUT2D eigenvalue weighted by Crippen LogP contribution is 2.26. The van der Waals surface area contributed by atoms with Gasteiger partial charge in [-0.25, -0.2) is 0 Å². The molecule has 1 fully saturated rings. The smallest absolute Gasteiger partial charge is 0.223 e. The van der Waals surface area contributed by atoms with E-state index in [9.17, 15) is 4.79 Å². The second-order valence-corrected chi connectivity index (χ2v) is 6.90. The lowest BCUT2D eigenvalue weighted by atomic mass is 9.84. The van der Waals surface area contributed by atoms with Crippen molar-refractivity contribution in [2.75, 3.05) is 6.61 Å². The van der Waals surface area contributed by atoms with Gasteiger partial charge in [0.05, 0.1) is 6.61 Å². The van der Waals surface area contributed by atoms with E-state index in [1.54, 1.807) is 0 Å². The predicted molar refractivity (Wildman–Crippen MR) is 102 cm³/mol.